The first-order chi connectivity index (χ1) is 7.63. The highest BCUT2D eigenvalue weighted by molar-refractivity contribution is 9.10. The molecular formula is C13H22BrNOSi. The molecule has 17 heavy (non-hydrogen) atoms. The number of pyridine rings is 1. The molecule has 1 rings (SSSR count). The second-order valence-electron chi connectivity index (χ2n) is 5.96. The topological polar surface area (TPSA) is 22.1 Å². The van der Waals surface area contributed by atoms with Crippen LogP contribution in [-0.4, -0.2) is 13.3 Å². The van der Waals surface area contributed by atoms with Gasteiger partial charge in [-0.25, -0.2) is 0 Å². The van der Waals surface area contributed by atoms with Crippen molar-refractivity contribution < 1.29 is 4.43 Å². The zero-order valence-corrected chi connectivity index (χ0v) is 14.2. The van der Waals surface area contributed by atoms with Gasteiger partial charge >= 0.3 is 0 Å². The largest absolute Gasteiger partial charge is 0.413 e. The summed E-state index contributed by atoms with van der Waals surface area (Å²) >= 11 is 3.50. The van der Waals surface area contributed by atoms with E-state index in [0.29, 0.717) is 6.61 Å². The Balaban J connectivity index is 2.71. The molecule has 0 aliphatic heterocycles. The van der Waals surface area contributed by atoms with E-state index in [4.69, 9.17) is 4.43 Å². The number of aromatic nitrogens is 1. The summed E-state index contributed by atoms with van der Waals surface area (Å²) in [6.07, 6.45) is 1.90. The summed E-state index contributed by atoms with van der Waals surface area (Å²) < 4.78 is 7.20. The summed E-state index contributed by atoms with van der Waals surface area (Å²) in [6, 6.07) is 2.09. The molecule has 1 aromatic rings. The second kappa shape index (κ2) is 5.20. The lowest BCUT2D eigenvalue weighted by atomic mass is 10.2. The first-order valence-corrected chi connectivity index (χ1v) is 9.58. The van der Waals surface area contributed by atoms with Crippen LogP contribution in [0.5, 0.6) is 0 Å². The van der Waals surface area contributed by atoms with Crippen molar-refractivity contribution in [3.05, 3.63) is 28.0 Å². The lowest BCUT2D eigenvalue weighted by Crippen LogP contribution is -2.40. The smallest absolute Gasteiger partial charge is 0.192 e. The summed E-state index contributed by atoms with van der Waals surface area (Å²) in [5, 5.41) is 0.252. The van der Waals surface area contributed by atoms with Gasteiger partial charge in [0, 0.05) is 10.7 Å². The first kappa shape index (κ1) is 14.9. The van der Waals surface area contributed by atoms with Crippen LogP contribution in [0, 0.1) is 6.92 Å². The molecule has 0 amide bonds. The molecule has 0 bridgehead atoms. The molecule has 1 aromatic heterocycles. The van der Waals surface area contributed by atoms with Crippen molar-refractivity contribution in [2.45, 2.75) is 52.4 Å². The van der Waals surface area contributed by atoms with Gasteiger partial charge in [0.25, 0.3) is 0 Å². The minimum absolute atomic E-state index is 0.252. The Morgan fingerprint density at radius 2 is 1.94 bits per heavy atom. The third-order valence-corrected chi connectivity index (χ3v) is 8.77. The van der Waals surface area contributed by atoms with Crippen LogP contribution in [0.3, 0.4) is 0 Å². The van der Waals surface area contributed by atoms with Crippen LogP contribution >= 0.6 is 15.9 Å². The zero-order chi connectivity index (χ0) is 13.3. The quantitative estimate of drug-likeness (QED) is 0.756. The minimum Gasteiger partial charge on any atom is -0.413 e. The van der Waals surface area contributed by atoms with Crippen molar-refractivity contribution in [2.24, 2.45) is 0 Å². The molecule has 96 valence electrons. The number of nitrogens with zero attached hydrogens (tertiary/aromatic N) is 1. The Morgan fingerprint density at radius 1 is 1.35 bits per heavy atom. The molecule has 4 heteroatoms. The van der Waals surface area contributed by atoms with Gasteiger partial charge in [-0.05, 0) is 52.6 Å². The van der Waals surface area contributed by atoms with Crippen molar-refractivity contribution >= 4 is 24.2 Å². The fraction of sp³-hybridized carbons (Fsp3) is 0.615. The van der Waals surface area contributed by atoms with Crippen LogP contribution in [0.4, 0.5) is 0 Å². The Hall–Kier alpha value is -0.193. The Bertz CT molecular complexity index is 399. The van der Waals surface area contributed by atoms with Crippen LogP contribution in [0.1, 0.15) is 32.0 Å². The Labute approximate surface area is 114 Å². The highest BCUT2D eigenvalue weighted by Crippen LogP contribution is 2.37. The van der Waals surface area contributed by atoms with E-state index < -0.39 is 8.32 Å². The van der Waals surface area contributed by atoms with Gasteiger partial charge in [0.1, 0.15) is 0 Å². The number of aryl methyl sites for hydroxylation is 1. The van der Waals surface area contributed by atoms with Crippen molar-refractivity contribution in [1.29, 1.82) is 0 Å². The number of hydrogen-bond donors (Lipinski definition) is 0. The SMILES string of the molecule is Cc1ncc(CO[Si](C)(C)C(C)(C)C)cc1Br. The summed E-state index contributed by atoms with van der Waals surface area (Å²) in [4.78, 5) is 4.33. The zero-order valence-electron chi connectivity index (χ0n) is 11.6. The lowest BCUT2D eigenvalue weighted by molar-refractivity contribution is 0.276. The van der Waals surface area contributed by atoms with E-state index in [-0.39, 0.29) is 5.04 Å². The van der Waals surface area contributed by atoms with Gasteiger partial charge in [0.05, 0.1) is 12.3 Å². The molecule has 0 atom stereocenters. The minimum atomic E-state index is -1.66. The van der Waals surface area contributed by atoms with E-state index in [0.717, 1.165) is 15.7 Å². The highest BCUT2D eigenvalue weighted by atomic mass is 79.9. The maximum atomic E-state index is 6.15. The number of rotatable bonds is 3. The molecule has 0 aliphatic rings. The van der Waals surface area contributed by atoms with Gasteiger partial charge in [0.15, 0.2) is 8.32 Å². The average Bonchev–Trinajstić information content (AvgIpc) is 2.18. The van der Waals surface area contributed by atoms with Gasteiger partial charge in [-0.15, -0.1) is 0 Å². The van der Waals surface area contributed by atoms with Crippen molar-refractivity contribution in [3.63, 3.8) is 0 Å². The van der Waals surface area contributed by atoms with Crippen molar-refractivity contribution in [1.82, 2.24) is 4.98 Å². The fourth-order valence-corrected chi connectivity index (χ4v) is 2.46. The van der Waals surface area contributed by atoms with E-state index in [9.17, 15) is 0 Å². The molecule has 0 aliphatic carbocycles. The van der Waals surface area contributed by atoms with Crippen LogP contribution < -0.4 is 0 Å². The van der Waals surface area contributed by atoms with Gasteiger partial charge in [-0.1, -0.05) is 20.8 Å². The summed E-state index contributed by atoms with van der Waals surface area (Å²) in [5.41, 5.74) is 2.15. The molecule has 0 radical (unpaired) electrons. The lowest BCUT2D eigenvalue weighted by Gasteiger charge is -2.36. The average molecular weight is 316 g/mol. The molecule has 1 heterocycles. The number of halogens is 1. The number of hydrogen-bond acceptors (Lipinski definition) is 2. The monoisotopic (exact) mass is 315 g/mol. The predicted molar refractivity (Wildman–Crippen MR) is 78.7 cm³/mol. The summed E-state index contributed by atoms with van der Waals surface area (Å²) in [5.74, 6) is 0. The van der Waals surface area contributed by atoms with Crippen molar-refractivity contribution in [3.8, 4) is 0 Å². The fourth-order valence-electron chi connectivity index (χ4n) is 1.11. The third kappa shape index (κ3) is 3.90. The molecule has 0 fully saturated rings. The normalized spacial score (nSPS) is 12.9. The van der Waals surface area contributed by atoms with Crippen LogP contribution in [0.2, 0.25) is 18.1 Å². The van der Waals surface area contributed by atoms with E-state index >= 15 is 0 Å². The maximum Gasteiger partial charge on any atom is 0.192 e. The van der Waals surface area contributed by atoms with E-state index in [2.05, 4.69) is 60.8 Å². The first-order valence-electron chi connectivity index (χ1n) is 5.88. The molecular weight excluding hydrogens is 294 g/mol. The Morgan fingerprint density at radius 3 is 2.41 bits per heavy atom. The molecule has 0 saturated carbocycles. The molecule has 0 saturated heterocycles. The molecule has 0 aromatic carbocycles. The standard InChI is InChI=1S/C13H22BrNOSi/c1-10-12(14)7-11(8-15-10)9-16-17(5,6)13(2,3)4/h7-8H,9H2,1-6H3. The second-order valence-corrected chi connectivity index (χ2v) is 11.6. The third-order valence-electron chi connectivity index (χ3n) is 3.49. The molecule has 0 spiro atoms. The maximum absolute atomic E-state index is 6.15. The predicted octanol–water partition coefficient (Wildman–Crippen LogP) is 4.67. The van der Waals surface area contributed by atoms with Crippen LogP contribution in [0.25, 0.3) is 0 Å². The summed E-state index contributed by atoms with van der Waals surface area (Å²) in [7, 11) is -1.66. The summed E-state index contributed by atoms with van der Waals surface area (Å²) in [6.45, 7) is 13.9. The molecule has 0 unspecified atom stereocenters. The van der Waals surface area contributed by atoms with Gasteiger partial charge < -0.3 is 4.43 Å². The van der Waals surface area contributed by atoms with Crippen molar-refractivity contribution in [2.75, 3.05) is 0 Å². The molecule has 0 N–H and O–H groups in total. The van der Waals surface area contributed by atoms with Crippen LogP contribution in [0.15, 0.2) is 16.7 Å². The van der Waals surface area contributed by atoms with E-state index in [1.807, 2.05) is 13.1 Å². The molecule has 2 nitrogen and oxygen atoms in total. The van der Waals surface area contributed by atoms with Crippen LogP contribution in [-0.2, 0) is 11.0 Å². The van der Waals surface area contributed by atoms with E-state index in [1.54, 1.807) is 0 Å². The van der Waals surface area contributed by atoms with Gasteiger partial charge in [0.2, 0.25) is 0 Å². The van der Waals surface area contributed by atoms with Gasteiger partial charge in [-0.3, -0.25) is 4.98 Å². The highest BCUT2D eigenvalue weighted by Gasteiger charge is 2.36. The Kier molecular flexibility index (Phi) is 4.55. The van der Waals surface area contributed by atoms with Gasteiger partial charge in [-0.2, -0.15) is 0 Å². The van der Waals surface area contributed by atoms with E-state index in [1.165, 1.54) is 0 Å².